The van der Waals surface area contributed by atoms with Crippen molar-refractivity contribution in [3.63, 3.8) is 0 Å². The summed E-state index contributed by atoms with van der Waals surface area (Å²) < 4.78 is 0. The van der Waals surface area contributed by atoms with Crippen LogP contribution in [0.4, 0.5) is 4.79 Å². The number of hydrogen-bond acceptors (Lipinski definition) is 3. The van der Waals surface area contributed by atoms with Gasteiger partial charge in [0, 0.05) is 6.54 Å². The van der Waals surface area contributed by atoms with Gasteiger partial charge in [-0.3, -0.25) is 0 Å². The van der Waals surface area contributed by atoms with Gasteiger partial charge in [-0.25, -0.2) is 10.7 Å². The molecule has 0 atom stereocenters. The average Bonchev–Trinajstić information content (AvgIpc) is 1.66. The first-order chi connectivity index (χ1) is 3.77. The van der Waals surface area contributed by atoms with Crippen LogP contribution in [0.1, 0.15) is 0 Å². The molecule has 0 saturated carbocycles. The van der Waals surface area contributed by atoms with E-state index >= 15 is 0 Å². The number of carboxylic acid groups (broad SMARTS) is 1. The van der Waals surface area contributed by atoms with Crippen molar-refractivity contribution in [1.29, 1.82) is 0 Å². The van der Waals surface area contributed by atoms with Gasteiger partial charge in [0.15, 0.2) is 0 Å². The van der Waals surface area contributed by atoms with Crippen LogP contribution in [-0.4, -0.2) is 24.4 Å². The first-order valence-electron chi connectivity index (χ1n) is 2.06. The third-order valence-corrected chi connectivity index (χ3v) is 0.496. The molecule has 0 aromatic carbocycles. The predicted octanol–water partition coefficient (Wildman–Crippen LogP) is -0.856. The molecule has 0 saturated heterocycles. The lowest BCUT2D eigenvalue weighted by Crippen LogP contribution is -2.26. The van der Waals surface area contributed by atoms with Crippen molar-refractivity contribution in [2.45, 2.75) is 0 Å². The summed E-state index contributed by atoms with van der Waals surface area (Å²) in [5.74, 6) is 4.58. The van der Waals surface area contributed by atoms with Gasteiger partial charge in [0.2, 0.25) is 0 Å². The van der Waals surface area contributed by atoms with Crippen LogP contribution in [0.15, 0.2) is 0 Å². The van der Waals surface area contributed by atoms with Crippen molar-refractivity contribution in [3.8, 4) is 0 Å². The molecule has 0 aliphatic rings. The van der Waals surface area contributed by atoms with Gasteiger partial charge in [-0.1, -0.05) is 0 Å². The maximum absolute atomic E-state index is 9.67. The third kappa shape index (κ3) is 5.19. The van der Waals surface area contributed by atoms with E-state index in [1.165, 1.54) is 0 Å². The van der Waals surface area contributed by atoms with E-state index in [4.69, 9.17) is 5.11 Å². The Bertz CT molecular complexity index is 74.9. The Balaban J connectivity index is 2.82. The molecule has 0 aliphatic carbocycles. The van der Waals surface area contributed by atoms with Gasteiger partial charge in [0.25, 0.3) is 0 Å². The zero-order valence-corrected chi connectivity index (χ0v) is 4.26. The van der Waals surface area contributed by atoms with E-state index < -0.39 is 6.09 Å². The summed E-state index contributed by atoms with van der Waals surface area (Å²) in [7, 11) is 0. The van der Waals surface area contributed by atoms with Crippen LogP contribution in [0.3, 0.4) is 0 Å². The molecule has 0 aromatic rings. The highest BCUT2D eigenvalue weighted by atomic mass is 16.6. The molecule has 8 heavy (non-hydrogen) atoms. The minimum atomic E-state index is -1.07. The van der Waals surface area contributed by atoms with Gasteiger partial charge >= 0.3 is 6.09 Å². The van der Waals surface area contributed by atoms with Crippen molar-refractivity contribution in [2.24, 2.45) is 5.90 Å². The summed E-state index contributed by atoms with van der Waals surface area (Å²) in [6, 6.07) is 0. The topological polar surface area (TPSA) is 84.6 Å². The highest BCUT2D eigenvalue weighted by Gasteiger charge is 1.89. The highest BCUT2D eigenvalue weighted by molar-refractivity contribution is 5.64. The number of hydrogen-bond donors (Lipinski definition) is 3. The van der Waals surface area contributed by atoms with E-state index in [2.05, 4.69) is 16.1 Å². The Hall–Kier alpha value is -0.810. The lowest BCUT2D eigenvalue weighted by atomic mass is 10.7. The molecule has 5 heteroatoms. The molecular formula is C3H8N2O3. The third-order valence-electron chi connectivity index (χ3n) is 0.496. The zero-order valence-electron chi connectivity index (χ0n) is 4.26. The molecule has 48 valence electrons. The summed E-state index contributed by atoms with van der Waals surface area (Å²) in [5, 5.41) is 9.99. The van der Waals surface area contributed by atoms with Crippen LogP contribution in [0, 0.1) is 0 Å². The van der Waals surface area contributed by atoms with Crippen molar-refractivity contribution in [3.05, 3.63) is 0 Å². The van der Waals surface area contributed by atoms with Crippen LogP contribution in [-0.2, 0) is 4.84 Å². The van der Waals surface area contributed by atoms with E-state index in [1.807, 2.05) is 0 Å². The summed E-state index contributed by atoms with van der Waals surface area (Å²) in [6.07, 6.45) is -1.07. The van der Waals surface area contributed by atoms with Crippen LogP contribution in [0.5, 0.6) is 0 Å². The number of rotatable bonds is 3. The maximum atomic E-state index is 9.67. The van der Waals surface area contributed by atoms with E-state index in [1.54, 1.807) is 0 Å². The zero-order chi connectivity index (χ0) is 6.41. The average molecular weight is 120 g/mol. The van der Waals surface area contributed by atoms with Crippen molar-refractivity contribution in [2.75, 3.05) is 13.2 Å². The Morgan fingerprint density at radius 2 is 2.50 bits per heavy atom. The van der Waals surface area contributed by atoms with E-state index in [0.29, 0.717) is 0 Å². The summed E-state index contributed by atoms with van der Waals surface area (Å²) >= 11 is 0. The fourth-order valence-electron chi connectivity index (χ4n) is 0.217. The maximum Gasteiger partial charge on any atom is 0.404 e. The number of nitrogens with one attached hydrogen (secondary N) is 1. The van der Waals surface area contributed by atoms with Crippen molar-refractivity contribution >= 4 is 6.09 Å². The molecular weight excluding hydrogens is 112 g/mol. The van der Waals surface area contributed by atoms with E-state index in [9.17, 15) is 4.79 Å². The lowest BCUT2D eigenvalue weighted by Gasteiger charge is -1.95. The molecule has 0 aliphatic heterocycles. The monoisotopic (exact) mass is 120 g/mol. The molecule has 0 rings (SSSR count). The minimum absolute atomic E-state index is 0.201. The van der Waals surface area contributed by atoms with Gasteiger partial charge in [-0.2, -0.15) is 0 Å². The summed E-state index contributed by atoms with van der Waals surface area (Å²) in [4.78, 5) is 13.7. The molecule has 0 aromatic heterocycles. The second kappa shape index (κ2) is 4.35. The van der Waals surface area contributed by atoms with E-state index in [0.717, 1.165) is 0 Å². The van der Waals surface area contributed by atoms with Crippen molar-refractivity contribution < 1.29 is 14.7 Å². The molecule has 5 nitrogen and oxygen atoms in total. The first kappa shape index (κ1) is 7.19. The highest BCUT2D eigenvalue weighted by Crippen LogP contribution is 1.61. The van der Waals surface area contributed by atoms with Crippen LogP contribution in [0.2, 0.25) is 0 Å². The predicted molar refractivity (Wildman–Crippen MR) is 26.2 cm³/mol. The molecule has 4 N–H and O–H groups in total. The van der Waals surface area contributed by atoms with Gasteiger partial charge in [0.1, 0.15) is 0 Å². The van der Waals surface area contributed by atoms with Crippen LogP contribution < -0.4 is 11.2 Å². The molecule has 0 heterocycles. The molecule has 0 spiro atoms. The van der Waals surface area contributed by atoms with Crippen LogP contribution >= 0.6 is 0 Å². The Labute approximate surface area is 46.4 Å². The van der Waals surface area contributed by atoms with Crippen LogP contribution in [0.25, 0.3) is 0 Å². The molecule has 0 fully saturated rings. The fourth-order valence-corrected chi connectivity index (χ4v) is 0.217. The van der Waals surface area contributed by atoms with Gasteiger partial charge in [-0.05, 0) is 0 Å². The Morgan fingerprint density at radius 3 is 2.88 bits per heavy atom. The second-order valence-corrected chi connectivity index (χ2v) is 1.10. The second-order valence-electron chi connectivity index (χ2n) is 1.10. The summed E-state index contributed by atoms with van der Waals surface area (Å²) in [5.41, 5.74) is 0. The minimum Gasteiger partial charge on any atom is -0.465 e. The van der Waals surface area contributed by atoms with Gasteiger partial charge in [0.05, 0.1) is 6.61 Å². The SMILES string of the molecule is NOCCNC(=O)O. The number of amides is 1. The molecule has 0 bridgehead atoms. The number of carbonyl (C=O) groups is 1. The standard InChI is InChI=1S/C3H8N2O3/c4-8-2-1-5-3(6)7/h5H,1-2,4H2,(H,6,7). The lowest BCUT2D eigenvalue weighted by molar-refractivity contribution is 0.136. The number of nitrogens with two attached hydrogens (primary N) is 1. The van der Waals surface area contributed by atoms with E-state index in [-0.39, 0.29) is 13.2 Å². The Morgan fingerprint density at radius 1 is 1.88 bits per heavy atom. The largest absolute Gasteiger partial charge is 0.465 e. The Kier molecular flexibility index (Phi) is 3.91. The first-order valence-corrected chi connectivity index (χ1v) is 2.06. The molecule has 1 amide bonds. The molecule has 0 radical (unpaired) electrons. The van der Waals surface area contributed by atoms with Gasteiger partial charge in [-0.15, -0.1) is 0 Å². The molecule has 0 unspecified atom stereocenters. The normalized spacial score (nSPS) is 8.62. The van der Waals surface area contributed by atoms with Crippen molar-refractivity contribution in [1.82, 2.24) is 5.32 Å². The quantitative estimate of drug-likeness (QED) is 0.334. The van der Waals surface area contributed by atoms with Gasteiger partial charge < -0.3 is 15.3 Å². The summed E-state index contributed by atoms with van der Waals surface area (Å²) in [6.45, 7) is 0.429. The fraction of sp³-hybridized carbons (Fsp3) is 0.667. The smallest absolute Gasteiger partial charge is 0.404 e.